The van der Waals surface area contributed by atoms with Gasteiger partial charge < -0.3 is 15.5 Å². The van der Waals surface area contributed by atoms with Crippen molar-refractivity contribution in [3.05, 3.63) is 35.1 Å². The Hall–Kier alpha value is -2.30. The maximum atomic E-state index is 11.9. The summed E-state index contributed by atoms with van der Waals surface area (Å²) in [6.07, 6.45) is 1.74. The van der Waals surface area contributed by atoms with Crippen LogP contribution in [0, 0.1) is 13.8 Å². The van der Waals surface area contributed by atoms with Gasteiger partial charge in [0.25, 0.3) is 0 Å². The van der Waals surface area contributed by atoms with E-state index in [2.05, 4.69) is 5.32 Å². The molecule has 0 saturated heterocycles. The van der Waals surface area contributed by atoms with Gasteiger partial charge in [0.1, 0.15) is 11.6 Å². The molecule has 2 rings (SSSR count). The van der Waals surface area contributed by atoms with Crippen molar-refractivity contribution in [3.63, 3.8) is 0 Å². The van der Waals surface area contributed by atoms with Crippen LogP contribution in [0.2, 0.25) is 0 Å². The number of carbonyl (C=O) groups is 2. The molecule has 0 fully saturated rings. The molecule has 0 radical (unpaired) electrons. The number of aryl methyl sites for hydroxylation is 2. The summed E-state index contributed by atoms with van der Waals surface area (Å²) in [5.41, 5.74) is 8.97. The third kappa shape index (κ3) is 2.82. The van der Waals surface area contributed by atoms with E-state index in [1.807, 2.05) is 26.0 Å². The van der Waals surface area contributed by atoms with Crippen LogP contribution in [0.4, 0.5) is 0 Å². The van der Waals surface area contributed by atoms with Crippen LogP contribution >= 0.6 is 0 Å². The minimum Gasteiger partial charge on any atom is -0.464 e. The Labute approximate surface area is 117 Å². The Morgan fingerprint density at radius 2 is 1.95 bits per heavy atom. The number of benzene rings is 1. The third-order valence-electron chi connectivity index (χ3n) is 3.43. The van der Waals surface area contributed by atoms with Gasteiger partial charge in [-0.1, -0.05) is 0 Å². The number of hydrogen-bond acceptors (Lipinski definition) is 3. The number of furan rings is 1. The molecular weight excluding hydrogens is 256 g/mol. The number of rotatable bonds is 4. The predicted molar refractivity (Wildman–Crippen MR) is 76.2 cm³/mol. The Bertz CT molecular complexity index is 673. The summed E-state index contributed by atoms with van der Waals surface area (Å²) in [6.45, 7) is 5.58. The van der Waals surface area contributed by atoms with Crippen molar-refractivity contribution < 1.29 is 14.0 Å². The fourth-order valence-corrected chi connectivity index (χ4v) is 2.01. The summed E-state index contributed by atoms with van der Waals surface area (Å²) < 4.78 is 5.47. The molecule has 0 spiro atoms. The smallest absolute Gasteiger partial charge is 0.239 e. The van der Waals surface area contributed by atoms with E-state index in [1.165, 1.54) is 0 Å². The number of hydrogen-bond donors (Lipinski definition) is 2. The van der Waals surface area contributed by atoms with Gasteiger partial charge in [-0.2, -0.15) is 0 Å². The van der Waals surface area contributed by atoms with Crippen molar-refractivity contribution in [2.75, 3.05) is 0 Å². The predicted octanol–water partition coefficient (Wildman–Crippen LogP) is 1.58. The van der Waals surface area contributed by atoms with E-state index in [-0.39, 0.29) is 12.3 Å². The zero-order chi connectivity index (χ0) is 14.9. The van der Waals surface area contributed by atoms with E-state index in [9.17, 15) is 9.59 Å². The van der Waals surface area contributed by atoms with Crippen LogP contribution in [0.15, 0.2) is 22.8 Å². The van der Waals surface area contributed by atoms with E-state index in [1.54, 1.807) is 13.2 Å². The molecule has 5 nitrogen and oxygen atoms in total. The molecule has 1 aromatic heterocycles. The average molecular weight is 274 g/mol. The summed E-state index contributed by atoms with van der Waals surface area (Å²) >= 11 is 0. The van der Waals surface area contributed by atoms with E-state index in [0.717, 1.165) is 27.7 Å². The van der Waals surface area contributed by atoms with Gasteiger partial charge in [-0.15, -0.1) is 0 Å². The minimum atomic E-state index is -0.676. The van der Waals surface area contributed by atoms with E-state index >= 15 is 0 Å². The number of primary amides is 1. The molecule has 0 aliphatic heterocycles. The van der Waals surface area contributed by atoms with Crippen LogP contribution in [0.3, 0.4) is 0 Å². The molecular formula is C15H18N2O3. The molecule has 0 saturated carbocycles. The van der Waals surface area contributed by atoms with Gasteiger partial charge in [-0.05, 0) is 44.0 Å². The highest BCUT2D eigenvalue weighted by Crippen LogP contribution is 2.25. The standard InChI is InChI=1S/C15H18N2O3/c1-8-4-12-11(7-20-13(12)5-9(8)2)6-14(18)17-10(3)15(16)19/h4-5,7,10H,6H2,1-3H3,(H2,16,19)(H,17,18). The maximum Gasteiger partial charge on any atom is 0.239 e. The molecule has 1 aromatic carbocycles. The highest BCUT2D eigenvalue weighted by molar-refractivity contribution is 5.91. The monoisotopic (exact) mass is 274 g/mol. The van der Waals surface area contributed by atoms with Gasteiger partial charge in [0.2, 0.25) is 11.8 Å². The molecule has 5 heteroatoms. The van der Waals surface area contributed by atoms with Crippen molar-refractivity contribution in [1.82, 2.24) is 5.32 Å². The van der Waals surface area contributed by atoms with Gasteiger partial charge in [0.05, 0.1) is 12.7 Å². The zero-order valence-corrected chi connectivity index (χ0v) is 11.8. The first kappa shape index (κ1) is 14.1. The van der Waals surface area contributed by atoms with Crippen LogP contribution in [0.5, 0.6) is 0 Å². The second-order valence-corrected chi connectivity index (χ2v) is 5.06. The number of amides is 2. The van der Waals surface area contributed by atoms with Crippen molar-refractivity contribution >= 4 is 22.8 Å². The molecule has 1 unspecified atom stereocenters. The average Bonchev–Trinajstić information content (AvgIpc) is 2.72. The Morgan fingerprint density at radius 1 is 1.30 bits per heavy atom. The fourth-order valence-electron chi connectivity index (χ4n) is 2.01. The van der Waals surface area contributed by atoms with Gasteiger partial charge in [0.15, 0.2) is 0 Å². The van der Waals surface area contributed by atoms with E-state index in [4.69, 9.17) is 10.2 Å². The topological polar surface area (TPSA) is 85.3 Å². The maximum absolute atomic E-state index is 11.9. The lowest BCUT2D eigenvalue weighted by Crippen LogP contribution is -2.42. The van der Waals surface area contributed by atoms with Gasteiger partial charge in [-0.25, -0.2) is 0 Å². The number of fused-ring (bicyclic) bond motifs is 1. The molecule has 106 valence electrons. The Morgan fingerprint density at radius 3 is 2.60 bits per heavy atom. The fraction of sp³-hybridized carbons (Fsp3) is 0.333. The van der Waals surface area contributed by atoms with Crippen molar-refractivity contribution in [1.29, 1.82) is 0 Å². The highest BCUT2D eigenvalue weighted by Gasteiger charge is 2.15. The third-order valence-corrected chi connectivity index (χ3v) is 3.43. The van der Waals surface area contributed by atoms with Crippen LogP contribution in [0.1, 0.15) is 23.6 Å². The normalized spacial score (nSPS) is 12.3. The Balaban J connectivity index is 2.20. The summed E-state index contributed by atoms with van der Waals surface area (Å²) in [5.74, 6) is -0.806. The molecule has 1 atom stereocenters. The molecule has 3 N–H and O–H groups in total. The van der Waals surface area contributed by atoms with Gasteiger partial charge >= 0.3 is 0 Å². The summed E-state index contributed by atoms with van der Waals surface area (Å²) in [5, 5.41) is 3.48. The second-order valence-electron chi connectivity index (χ2n) is 5.06. The molecule has 1 heterocycles. The van der Waals surface area contributed by atoms with Crippen molar-refractivity contribution in [2.24, 2.45) is 5.73 Å². The number of nitrogens with one attached hydrogen (secondary N) is 1. The second kappa shape index (κ2) is 5.36. The molecule has 2 aromatic rings. The minimum absolute atomic E-state index is 0.160. The van der Waals surface area contributed by atoms with Crippen LogP contribution in [-0.4, -0.2) is 17.9 Å². The van der Waals surface area contributed by atoms with Crippen LogP contribution in [0.25, 0.3) is 11.0 Å². The molecule has 0 aliphatic carbocycles. The largest absolute Gasteiger partial charge is 0.464 e. The lowest BCUT2D eigenvalue weighted by Gasteiger charge is -2.09. The highest BCUT2D eigenvalue weighted by atomic mass is 16.3. The molecule has 0 bridgehead atoms. The van der Waals surface area contributed by atoms with E-state index in [0.29, 0.717) is 0 Å². The quantitative estimate of drug-likeness (QED) is 0.887. The zero-order valence-electron chi connectivity index (χ0n) is 11.8. The van der Waals surface area contributed by atoms with E-state index < -0.39 is 11.9 Å². The first-order valence-corrected chi connectivity index (χ1v) is 6.44. The van der Waals surface area contributed by atoms with Gasteiger partial charge in [0, 0.05) is 10.9 Å². The first-order valence-electron chi connectivity index (χ1n) is 6.44. The van der Waals surface area contributed by atoms with Crippen LogP contribution < -0.4 is 11.1 Å². The summed E-state index contributed by atoms with van der Waals surface area (Å²) in [4.78, 5) is 22.8. The lowest BCUT2D eigenvalue weighted by atomic mass is 10.0. The SMILES string of the molecule is Cc1cc2occ(CC(=O)NC(C)C(N)=O)c2cc1C. The lowest BCUT2D eigenvalue weighted by molar-refractivity contribution is -0.126. The molecule has 0 aliphatic rings. The molecule has 20 heavy (non-hydrogen) atoms. The van der Waals surface area contributed by atoms with Crippen molar-refractivity contribution in [3.8, 4) is 0 Å². The number of nitrogens with two attached hydrogens (primary N) is 1. The molecule has 2 amide bonds. The van der Waals surface area contributed by atoms with Gasteiger partial charge in [-0.3, -0.25) is 9.59 Å². The van der Waals surface area contributed by atoms with Crippen molar-refractivity contribution in [2.45, 2.75) is 33.2 Å². The first-order chi connectivity index (χ1) is 9.38. The summed E-state index contributed by atoms with van der Waals surface area (Å²) in [6, 6.07) is 3.29. The number of carbonyl (C=O) groups excluding carboxylic acids is 2. The summed E-state index contributed by atoms with van der Waals surface area (Å²) in [7, 11) is 0. The Kier molecular flexibility index (Phi) is 3.79. The van der Waals surface area contributed by atoms with Crippen LogP contribution in [-0.2, 0) is 16.0 Å².